The molecule has 1 N–H and O–H groups in total. The number of hydrogen-bond donors (Lipinski definition) is 1. The summed E-state index contributed by atoms with van der Waals surface area (Å²) in [4.78, 5) is 23.9. The highest BCUT2D eigenvalue weighted by molar-refractivity contribution is 5.95. The van der Waals surface area contributed by atoms with Gasteiger partial charge in [0, 0.05) is 12.7 Å². The fourth-order valence-corrected chi connectivity index (χ4v) is 2.22. The first-order chi connectivity index (χ1) is 10.0. The topological polar surface area (TPSA) is 57.6 Å². The van der Waals surface area contributed by atoms with Crippen LogP contribution in [0.3, 0.4) is 0 Å². The summed E-state index contributed by atoms with van der Waals surface area (Å²) in [6.45, 7) is 4.66. The van der Waals surface area contributed by atoms with Crippen LogP contribution in [0.1, 0.15) is 30.9 Å². The molecule has 0 saturated heterocycles. The first kappa shape index (κ1) is 14.8. The maximum absolute atomic E-state index is 11.1. The maximum Gasteiger partial charge on any atom is 0.338 e. The van der Waals surface area contributed by atoms with E-state index < -0.39 is 5.97 Å². The molecule has 0 unspecified atom stereocenters. The minimum Gasteiger partial charge on any atom is -0.478 e. The van der Waals surface area contributed by atoms with Crippen molar-refractivity contribution in [1.29, 1.82) is 0 Å². The number of carbonyl (C=O) groups excluding carboxylic acids is 1. The maximum atomic E-state index is 11.1. The summed E-state index contributed by atoms with van der Waals surface area (Å²) in [5, 5.41) is 9.11. The molecule has 0 spiro atoms. The number of carbonyl (C=O) groups is 1. The van der Waals surface area contributed by atoms with Crippen molar-refractivity contribution in [2.24, 2.45) is 0 Å². The molecule has 0 bridgehead atoms. The summed E-state index contributed by atoms with van der Waals surface area (Å²) in [7, 11) is 0. The molecular weight excluding hydrogens is 266 g/mol. The number of rotatable bonds is 4. The zero-order valence-corrected chi connectivity index (χ0v) is 12.0. The lowest BCUT2D eigenvalue weighted by Crippen LogP contribution is -2.23. The first-order valence-corrected chi connectivity index (χ1v) is 6.75. The summed E-state index contributed by atoms with van der Waals surface area (Å²) in [5.41, 5.74) is 2.25. The normalized spacial score (nSPS) is 14.1. The number of carboxylic acid groups (broad SMARTS) is 1. The molecule has 21 heavy (non-hydrogen) atoms. The van der Waals surface area contributed by atoms with Crippen LogP contribution in [-0.4, -0.2) is 21.9 Å². The molecule has 1 aliphatic heterocycles. The van der Waals surface area contributed by atoms with Crippen LogP contribution in [0, 0.1) is 0 Å². The van der Waals surface area contributed by atoms with Crippen molar-refractivity contribution in [3.8, 4) is 0 Å². The SMILES string of the molecule is CC(C)c1cccc(CN2C=CC=C(C(=O)O)C2=C=O)c1. The van der Waals surface area contributed by atoms with E-state index in [1.54, 1.807) is 23.1 Å². The molecule has 4 nitrogen and oxygen atoms in total. The number of hydrogen-bond acceptors (Lipinski definition) is 3. The Morgan fingerprint density at radius 1 is 1.38 bits per heavy atom. The lowest BCUT2D eigenvalue weighted by Gasteiger charge is -2.24. The Kier molecular flexibility index (Phi) is 4.41. The monoisotopic (exact) mass is 283 g/mol. The standard InChI is InChI=1S/C17H17NO3/c1-12(2)14-6-3-5-13(9-14)10-18-8-4-7-15(17(20)21)16(18)11-19/h3-9,12H,10H2,1-2H3,(H,20,21). The van der Waals surface area contributed by atoms with Crippen molar-refractivity contribution in [3.05, 3.63) is 65.0 Å². The minimum absolute atomic E-state index is 0.0347. The van der Waals surface area contributed by atoms with E-state index in [1.807, 2.05) is 12.1 Å². The molecule has 0 atom stereocenters. The zero-order chi connectivity index (χ0) is 15.4. The third-order valence-electron chi connectivity index (χ3n) is 3.37. The highest BCUT2D eigenvalue weighted by atomic mass is 16.4. The number of carboxylic acids is 1. The summed E-state index contributed by atoms with van der Waals surface area (Å²) < 4.78 is 0. The van der Waals surface area contributed by atoms with Crippen LogP contribution in [0.25, 0.3) is 0 Å². The second kappa shape index (κ2) is 6.25. The third kappa shape index (κ3) is 3.30. The molecule has 0 aromatic heterocycles. The van der Waals surface area contributed by atoms with Gasteiger partial charge in [-0.3, -0.25) is 0 Å². The first-order valence-electron chi connectivity index (χ1n) is 6.75. The fraction of sp³-hybridized carbons (Fsp3) is 0.235. The van der Waals surface area contributed by atoms with Crippen LogP contribution in [0.5, 0.6) is 0 Å². The van der Waals surface area contributed by atoms with Crippen molar-refractivity contribution in [2.75, 3.05) is 0 Å². The van der Waals surface area contributed by atoms with Crippen LogP contribution in [0.15, 0.2) is 53.9 Å². The predicted molar refractivity (Wildman–Crippen MR) is 80.1 cm³/mol. The van der Waals surface area contributed by atoms with Gasteiger partial charge in [0.25, 0.3) is 0 Å². The van der Waals surface area contributed by atoms with Crippen molar-refractivity contribution in [1.82, 2.24) is 4.90 Å². The van der Waals surface area contributed by atoms with Gasteiger partial charge in [-0.25, -0.2) is 9.59 Å². The second-order valence-electron chi connectivity index (χ2n) is 5.21. The van der Waals surface area contributed by atoms with Gasteiger partial charge in [-0.2, -0.15) is 0 Å². The van der Waals surface area contributed by atoms with E-state index >= 15 is 0 Å². The van der Waals surface area contributed by atoms with Gasteiger partial charge in [-0.15, -0.1) is 0 Å². The Bertz CT molecular complexity index is 664. The molecule has 0 aliphatic carbocycles. The Labute approximate surface area is 123 Å². The Hall–Kier alpha value is -2.58. The smallest absolute Gasteiger partial charge is 0.338 e. The Morgan fingerprint density at radius 2 is 2.14 bits per heavy atom. The van der Waals surface area contributed by atoms with E-state index in [2.05, 4.69) is 26.0 Å². The van der Waals surface area contributed by atoms with Gasteiger partial charge >= 0.3 is 5.97 Å². The lowest BCUT2D eigenvalue weighted by atomic mass is 10.0. The third-order valence-corrected chi connectivity index (χ3v) is 3.37. The van der Waals surface area contributed by atoms with Crippen molar-refractivity contribution >= 4 is 11.9 Å². The largest absolute Gasteiger partial charge is 0.478 e. The number of nitrogens with zero attached hydrogens (tertiary/aromatic N) is 1. The molecule has 1 aromatic carbocycles. The quantitative estimate of drug-likeness (QED) is 0.863. The van der Waals surface area contributed by atoms with Crippen LogP contribution >= 0.6 is 0 Å². The van der Waals surface area contributed by atoms with E-state index in [-0.39, 0.29) is 11.3 Å². The van der Waals surface area contributed by atoms with Gasteiger partial charge < -0.3 is 10.0 Å². The van der Waals surface area contributed by atoms with Gasteiger partial charge in [-0.05, 0) is 29.2 Å². The van der Waals surface area contributed by atoms with E-state index in [1.165, 1.54) is 11.6 Å². The molecule has 0 saturated carbocycles. The van der Waals surface area contributed by atoms with Crippen LogP contribution in [-0.2, 0) is 16.1 Å². The Balaban J connectivity index is 2.26. The molecule has 4 heteroatoms. The van der Waals surface area contributed by atoms with Crippen LogP contribution in [0.4, 0.5) is 0 Å². The van der Waals surface area contributed by atoms with Gasteiger partial charge in [0.15, 0.2) is 5.94 Å². The lowest BCUT2D eigenvalue weighted by molar-refractivity contribution is -0.132. The van der Waals surface area contributed by atoms with Crippen LogP contribution in [0.2, 0.25) is 0 Å². The van der Waals surface area contributed by atoms with E-state index in [4.69, 9.17) is 5.11 Å². The van der Waals surface area contributed by atoms with Crippen molar-refractivity contribution in [2.45, 2.75) is 26.3 Å². The van der Waals surface area contributed by atoms with Crippen molar-refractivity contribution in [3.63, 3.8) is 0 Å². The van der Waals surface area contributed by atoms with Gasteiger partial charge in [-0.1, -0.05) is 38.1 Å². The van der Waals surface area contributed by atoms with Gasteiger partial charge in [0.2, 0.25) is 0 Å². The average molecular weight is 283 g/mol. The molecule has 1 aliphatic rings. The van der Waals surface area contributed by atoms with Gasteiger partial charge in [0.1, 0.15) is 5.70 Å². The fourth-order valence-electron chi connectivity index (χ4n) is 2.22. The molecule has 1 aromatic rings. The average Bonchev–Trinajstić information content (AvgIpc) is 2.47. The molecule has 0 amide bonds. The zero-order valence-electron chi connectivity index (χ0n) is 12.0. The number of aliphatic carboxylic acids is 1. The summed E-state index contributed by atoms with van der Waals surface area (Å²) in [6, 6.07) is 8.05. The number of benzene rings is 1. The van der Waals surface area contributed by atoms with Crippen LogP contribution < -0.4 is 0 Å². The second-order valence-corrected chi connectivity index (χ2v) is 5.21. The minimum atomic E-state index is -1.13. The van der Waals surface area contributed by atoms with Crippen molar-refractivity contribution < 1.29 is 14.7 Å². The predicted octanol–water partition coefficient (Wildman–Crippen LogP) is 2.87. The molecule has 1 heterocycles. The summed E-state index contributed by atoms with van der Waals surface area (Å²) in [5.74, 6) is 1.02. The molecular formula is C17H17NO3. The molecule has 108 valence electrons. The van der Waals surface area contributed by atoms with E-state index in [0.717, 1.165) is 5.56 Å². The highest BCUT2D eigenvalue weighted by Crippen LogP contribution is 2.22. The summed E-state index contributed by atoms with van der Waals surface area (Å²) >= 11 is 0. The van der Waals surface area contributed by atoms with Gasteiger partial charge in [0.05, 0.1) is 5.57 Å². The molecule has 0 fully saturated rings. The molecule has 2 rings (SSSR count). The highest BCUT2D eigenvalue weighted by Gasteiger charge is 2.22. The van der Waals surface area contributed by atoms with E-state index in [9.17, 15) is 9.59 Å². The Morgan fingerprint density at radius 3 is 2.76 bits per heavy atom. The summed E-state index contributed by atoms with van der Waals surface area (Å²) in [6.07, 6.45) is 4.72. The molecule has 0 radical (unpaired) electrons. The number of allylic oxidation sites excluding steroid dienone is 2. The van der Waals surface area contributed by atoms with E-state index in [0.29, 0.717) is 12.5 Å².